The SMILES string of the molecule is COc1ccc(C(=O)/C=C/c2ccc(COc3cc(Cl)ccc3Cl)o2)cc1. The fourth-order valence-electron chi connectivity index (χ4n) is 2.31. The Morgan fingerprint density at radius 1 is 1.07 bits per heavy atom. The molecule has 3 rings (SSSR count). The van der Waals surface area contributed by atoms with Crippen LogP contribution in [0.3, 0.4) is 0 Å². The standard InChI is InChI=1S/C21H16Cl2O4/c1-25-16-5-2-14(3-6-16)20(24)11-9-17-7-8-18(27-17)13-26-21-12-15(22)4-10-19(21)23/h2-12H,13H2,1H3/b11-9+. The summed E-state index contributed by atoms with van der Waals surface area (Å²) in [6.45, 7) is 0.195. The molecule has 0 fully saturated rings. The molecule has 0 aliphatic heterocycles. The number of halogens is 2. The van der Waals surface area contributed by atoms with Gasteiger partial charge in [0.1, 0.15) is 29.6 Å². The molecule has 0 bridgehead atoms. The van der Waals surface area contributed by atoms with E-state index in [-0.39, 0.29) is 12.4 Å². The van der Waals surface area contributed by atoms with Gasteiger partial charge in [-0.15, -0.1) is 0 Å². The van der Waals surface area contributed by atoms with E-state index in [1.807, 2.05) is 0 Å². The number of ether oxygens (including phenoxy) is 2. The molecular formula is C21H16Cl2O4. The molecule has 0 aliphatic rings. The summed E-state index contributed by atoms with van der Waals surface area (Å²) in [6, 6.07) is 15.4. The van der Waals surface area contributed by atoms with Gasteiger partial charge in [0.2, 0.25) is 0 Å². The normalized spacial score (nSPS) is 10.9. The molecule has 0 unspecified atom stereocenters. The lowest BCUT2D eigenvalue weighted by molar-refractivity contribution is 0.104. The van der Waals surface area contributed by atoms with Crippen molar-refractivity contribution in [3.8, 4) is 11.5 Å². The highest BCUT2D eigenvalue weighted by atomic mass is 35.5. The maximum Gasteiger partial charge on any atom is 0.185 e. The fraction of sp³-hybridized carbons (Fsp3) is 0.0952. The number of hydrogen-bond acceptors (Lipinski definition) is 4. The first kappa shape index (κ1) is 19.1. The van der Waals surface area contributed by atoms with Crippen LogP contribution in [0, 0.1) is 0 Å². The van der Waals surface area contributed by atoms with Crippen LogP contribution >= 0.6 is 23.2 Å². The van der Waals surface area contributed by atoms with Crippen LogP contribution in [0.25, 0.3) is 6.08 Å². The van der Waals surface area contributed by atoms with Crippen LogP contribution in [0.2, 0.25) is 10.0 Å². The predicted molar refractivity (Wildman–Crippen MR) is 106 cm³/mol. The van der Waals surface area contributed by atoms with E-state index in [9.17, 15) is 4.79 Å². The Hall–Kier alpha value is -2.69. The summed E-state index contributed by atoms with van der Waals surface area (Å²) in [7, 11) is 1.58. The topological polar surface area (TPSA) is 48.7 Å². The van der Waals surface area contributed by atoms with Crippen LogP contribution in [0.4, 0.5) is 0 Å². The minimum atomic E-state index is -0.127. The molecule has 0 spiro atoms. The van der Waals surface area contributed by atoms with Crippen LogP contribution in [0.5, 0.6) is 11.5 Å². The van der Waals surface area contributed by atoms with Gasteiger partial charge in [-0.05, 0) is 60.7 Å². The number of rotatable bonds is 7. The van der Waals surface area contributed by atoms with Crippen LogP contribution in [-0.2, 0) is 6.61 Å². The van der Waals surface area contributed by atoms with Crippen molar-refractivity contribution in [1.82, 2.24) is 0 Å². The van der Waals surface area contributed by atoms with Crippen molar-refractivity contribution in [2.75, 3.05) is 7.11 Å². The summed E-state index contributed by atoms with van der Waals surface area (Å²) in [6.07, 6.45) is 3.07. The summed E-state index contributed by atoms with van der Waals surface area (Å²) < 4.78 is 16.3. The van der Waals surface area contributed by atoms with Gasteiger partial charge < -0.3 is 13.9 Å². The molecule has 0 amide bonds. The molecule has 0 saturated heterocycles. The van der Waals surface area contributed by atoms with Crippen molar-refractivity contribution in [1.29, 1.82) is 0 Å². The number of carbonyl (C=O) groups excluding carboxylic acids is 1. The third kappa shape index (κ3) is 5.16. The van der Waals surface area contributed by atoms with Crippen molar-refractivity contribution >= 4 is 35.1 Å². The van der Waals surface area contributed by atoms with Gasteiger partial charge in [0.25, 0.3) is 0 Å². The molecule has 0 N–H and O–H groups in total. The molecule has 27 heavy (non-hydrogen) atoms. The van der Waals surface area contributed by atoms with Gasteiger partial charge in [-0.1, -0.05) is 23.2 Å². The Morgan fingerprint density at radius 2 is 1.85 bits per heavy atom. The van der Waals surface area contributed by atoms with Crippen LogP contribution in [0.1, 0.15) is 21.9 Å². The minimum Gasteiger partial charge on any atom is -0.497 e. The highest BCUT2D eigenvalue weighted by molar-refractivity contribution is 6.34. The van der Waals surface area contributed by atoms with E-state index in [1.165, 1.54) is 6.08 Å². The Bertz CT molecular complexity index is 959. The van der Waals surface area contributed by atoms with E-state index in [4.69, 9.17) is 37.1 Å². The van der Waals surface area contributed by atoms with Crippen molar-refractivity contribution in [2.24, 2.45) is 0 Å². The molecule has 0 radical (unpaired) electrons. The van der Waals surface area contributed by atoms with Crippen LogP contribution < -0.4 is 9.47 Å². The second-order valence-electron chi connectivity index (χ2n) is 5.59. The van der Waals surface area contributed by atoms with Crippen molar-refractivity contribution in [2.45, 2.75) is 6.61 Å². The highest BCUT2D eigenvalue weighted by Crippen LogP contribution is 2.28. The lowest BCUT2D eigenvalue weighted by Gasteiger charge is -2.06. The number of furan rings is 1. The molecule has 6 heteroatoms. The first-order valence-corrected chi connectivity index (χ1v) is 8.84. The zero-order valence-electron chi connectivity index (χ0n) is 14.4. The predicted octanol–water partition coefficient (Wildman–Crippen LogP) is 6.07. The van der Waals surface area contributed by atoms with Gasteiger partial charge in [0.15, 0.2) is 5.78 Å². The number of methoxy groups -OCH3 is 1. The molecule has 0 saturated carbocycles. The molecule has 1 heterocycles. The van der Waals surface area contributed by atoms with Gasteiger partial charge in [-0.3, -0.25) is 4.79 Å². The van der Waals surface area contributed by atoms with Gasteiger partial charge in [0, 0.05) is 16.7 Å². The lowest BCUT2D eigenvalue weighted by Crippen LogP contribution is -1.94. The van der Waals surface area contributed by atoms with E-state index < -0.39 is 0 Å². The third-order valence-electron chi connectivity index (χ3n) is 3.72. The fourth-order valence-corrected chi connectivity index (χ4v) is 2.64. The van der Waals surface area contributed by atoms with Gasteiger partial charge in [0.05, 0.1) is 12.1 Å². The number of allylic oxidation sites excluding steroid dienone is 1. The summed E-state index contributed by atoms with van der Waals surface area (Å²) in [5.74, 6) is 2.20. The Balaban J connectivity index is 1.60. The second-order valence-corrected chi connectivity index (χ2v) is 6.44. The monoisotopic (exact) mass is 402 g/mol. The average Bonchev–Trinajstić information content (AvgIpc) is 3.15. The molecule has 2 aromatic carbocycles. The number of benzene rings is 2. The third-order valence-corrected chi connectivity index (χ3v) is 4.27. The largest absolute Gasteiger partial charge is 0.497 e. The molecule has 4 nitrogen and oxygen atoms in total. The van der Waals surface area contributed by atoms with Gasteiger partial charge >= 0.3 is 0 Å². The first-order valence-electron chi connectivity index (χ1n) is 8.08. The van der Waals surface area contributed by atoms with Crippen LogP contribution in [0.15, 0.2) is 65.1 Å². The minimum absolute atomic E-state index is 0.127. The Labute approximate surface area is 166 Å². The maximum atomic E-state index is 12.2. The highest BCUT2D eigenvalue weighted by Gasteiger charge is 2.06. The molecule has 0 aliphatic carbocycles. The smallest absolute Gasteiger partial charge is 0.185 e. The Kier molecular flexibility index (Phi) is 6.22. The van der Waals surface area contributed by atoms with E-state index in [2.05, 4.69) is 0 Å². The Morgan fingerprint density at radius 3 is 2.59 bits per heavy atom. The molecule has 1 aromatic heterocycles. The lowest BCUT2D eigenvalue weighted by atomic mass is 10.1. The van der Waals surface area contributed by atoms with E-state index in [1.54, 1.807) is 67.8 Å². The van der Waals surface area contributed by atoms with Crippen LogP contribution in [-0.4, -0.2) is 12.9 Å². The van der Waals surface area contributed by atoms with Crippen molar-refractivity contribution in [3.05, 3.63) is 87.8 Å². The van der Waals surface area contributed by atoms with Gasteiger partial charge in [-0.2, -0.15) is 0 Å². The zero-order valence-corrected chi connectivity index (χ0v) is 16.0. The van der Waals surface area contributed by atoms with Crippen molar-refractivity contribution < 1.29 is 18.7 Å². The van der Waals surface area contributed by atoms with E-state index in [0.717, 1.165) is 0 Å². The number of hydrogen-bond donors (Lipinski definition) is 0. The quantitative estimate of drug-likeness (QED) is 0.355. The van der Waals surface area contributed by atoms with E-state index >= 15 is 0 Å². The zero-order chi connectivity index (χ0) is 19.2. The first-order chi connectivity index (χ1) is 13.0. The summed E-state index contributed by atoms with van der Waals surface area (Å²) in [5, 5.41) is 1.01. The summed E-state index contributed by atoms with van der Waals surface area (Å²) in [4.78, 5) is 12.2. The summed E-state index contributed by atoms with van der Waals surface area (Å²) >= 11 is 12.0. The molecule has 3 aromatic rings. The van der Waals surface area contributed by atoms with E-state index in [0.29, 0.717) is 38.6 Å². The molecule has 0 atom stereocenters. The second kappa shape index (κ2) is 8.80. The number of ketones is 1. The number of carbonyl (C=O) groups is 1. The maximum absolute atomic E-state index is 12.2. The van der Waals surface area contributed by atoms with Crippen molar-refractivity contribution in [3.63, 3.8) is 0 Å². The molecular weight excluding hydrogens is 387 g/mol. The summed E-state index contributed by atoms with van der Waals surface area (Å²) in [5.41, 5.74) is 0.567. The average molecular weight is 403 g/mol. The molecule has 138 valence electrons. The van der Waals surface area contributed by atoms with Gasteiger partial charge in [-0.25, -0.2) is 0 Å².